The maximum absolute atomic E-state index is 10.6. The number of hydrogen-bond acceptors (Lipinski definition) is 2. The van der Waals surface area contributed by atoms with Gasteiger partial charge in [-0.1, -0.05) is 48.0 Å². The smallest absolute Gasteiger partial charge is 0.305 e. The second-order valence-electron chi connectivity index (χ2n) is 4.33. The van der Waals surface area contributed by atoms with Crippen LogP contribution < -0.4 is 5.73 Å². The maximum Gasteiger partial charge on any atom is 0.305 e. The van der Waals surface area contributed by atoms with Gasteiger partial charge in [-0.25, -0.2) is 0 Å². The SMILES string of the molecule is NC(CC(=O)O)c1ccc(-c2ccc(Cl)cc2)cc1. The minimum Gasteiger partial charge on any atom is -0.481 e. The number of nitrogens with two attached hydrogens (primary N) is 1. The maximum atomic E-state index is 10.6. The van der Waals surface area contributed by atoms with Gasteiger partial charge in [0.05, 0.1) is 6.42 Å². The molecule has 98 valence electrons. The second kappa shape index (κ2) is 5.87. The van der Waals surface area contributed by atoms with Crippen molar-refractivity contribution < 1.29 is 9.90 Å². The predicted octanol–water partition coefficient (Wildman–Crippen LogP) is 3.48. The monoisotopic (exact) mass is 275 g/mol. The Labute approximate surface area is 116 Å². The van der Waals surface area contributed by atoms with Crippen molar-refractivity contribution in [1.29, 1.82) is 0 Å². The Balaban J connectivity index is 2.18. The van der Waals surface area contributed by atoms with Crippen LogP contribution in [0.2, 0.25) is 5.02 Å². The van der Waals surface area contributed by atoms with E-state index >= 15 is 0 Å². The van der Waals surface area contributed by atoms with E-state index in [-0.39, 0.29) is 6.42 Å². The van der Waals surface area contributed by atoms with Crippen molar-refractivity contribution >= 4 is 17.6 Å². The molecule has 0 bridgehead atoms. The van der Waals surface area contributed by atoms with Crippen LogP contribution in [0, 0.1) is 0 Å². The van der Waals surface area contributed by atoms with E-state index in [1.165, 1.54) is 0 Å². The molecule has 3 N–H and O–H groups in total. The number of carboxylic acid groups (broad SMARTS) is 1. The van der Waals surface area contributed by atoms with Crippen LogP contribution >= 0.6 is 11.6 Å². The van der Waals surface area contributed by atoms with Gasteiger partial charge >= 0.3 is 5.97 Å². The van der Waals surface area contributed by atoms with Crippen molar-refractivity contribution in [2.75, 3.05) is 0 Å². The number of carboxylic acids is 1. The van der Waals surface area contributed by atoms with Gasteiger partial charge in [0.25, 0.3) is 0 Å². The summed E-state index contributed by atoms with van der Waals surface area (Å²) in [4.78, 5) is 10.6. The largest absolute Gasteiger partial charge is 0.481 e. The third kappa shape index (κ3) is 3.56. The molecular weight excluding hydrogens is 262 g/mol. The van der Waals surface area contributed by atoms with Gasteiger partial charge < -0.3 is 10.8 Å². The molecule has 2 rings (SSSR count). The van der Waals surface area contributed by atoms with Gasteiger partial charge in [0.1, 0.15) is 0 Å². The molecule has 4 heteroatoms. The second-order valence-corrected chi connectivity index (χ2v) is 4.77. The highest BCUT2D eigenvalue weighted by Gasteiger charge is 2.10. The molecule has 0 fully saturated rings. The van der Waals surface area contributed by atoms with Crippen LogP contribution in [0.15, 0.2) is 48.5 Å². The van der Waals surface area contributed by atoms with E-state index in [1.54, 1.807) is 0 Å². The van der Waals surface area contributed by atoms with E-state index in [1.807, 2.05) is 48.5 Å². The van der Waals surface area contributed by atoms with Gasteiger partial charge in [0.2, 0.25) is 0 Å². The van der Waals surface area contributed by atoms with Gasteiger partial charge in [-0.3, -0.25) is 4.79 Å². The van der Waals surface area contributed by atoms with Gasteiger partial charge in [-0.2, -0.15) is 0 Å². The van der Waals surface area contributed by atoms with E-state index in [9.17, 15) is 4.79 Å². The molecule has 0 aliphatic carbocycles. The number of aliphatic carboxylic acids is 1. The number of benzene rings is 2. The summed E-state index contributed by atoms with van der Waals surface area (Å²) < 4.78 is 0. The highest BCUT2D eigenvalue weighted by molar-refractivity contribution is 6.30. The summed E-state index contributed by atoms with van der Waals surface area (Å²) >= 11 is 5.84. The van der Waals surface area contributed by atoms with Crippen LogP contribution in [0.25, 0.3) is 11.1 Å². The molecule has 0 saturated carbocycles. The highest BCUT2D eigenvalue weighted by atomic mass is 35.5. The summed E-state index contributed by atoms with van der Waals surface area (Å²) in [6.07, 6.45) is -0.0692. The molecule has 3 nitrogen and oxygen atoms in total. The lowest BCUT2D eigenvalue weighted by Crippen LogP contribution is -2.14. The van der Waals surface area contributed by atoms with E-state index in [4.69, 9.17) is 22.4 Å². The van der Waals surface area contributed by atoms with Gasteiger partial charge in [-0.15, -0.1) is 0 Å². The first-order valence-corrected chi connectivity index (χ1v) is 6.27. The zero-order chi connectivity index (χ0) is 13.8. The third-order valence-electron chi connectivity index (χ3n) is 2.91. The molecule has 0 radical (unpaired) electrons. The predicted molar refractivity (Wildman–Crippen MR) is 76.1 cm³/mol. The van der Waals surface area contributed by atoms with Crippen LogP contribution in [0.4, 0.5) is 0 Å². The molecule has 0 amide bonds. The molecule has 0 saturated heterocycles. The summed E-state index contributed by atoms with van der Waals surface area (Å²) in [5.74, 6) is -0.894. The summed E-state index contributed by atoms with van der Waals surface area (Å²) in [5.41, 5.74) is 8.73. The summed E-state index contributed by atoms with van der Waals surface area (Å²) in [5, 5.41) is 9.41. The van der Waals surface area contributed by atoms with E-state index in [0.717, 1.165) is 16.7 Å². The lowest BCUT2D eigenvalue weighted by molar-refractivity contribution is -0.137. The summed E-state index contributed by atoms with van der Waals surface area (Å²) in [6.45, 7) is 0. The van der Waals surface area contributed by atoms with Crippen LogP contribution in [-0.2, 0) is 4.79 Å². The van der Waals surface area contributed by atoms with Crippen molar-refractivity contribution in [1.82, 2.24) is 0 Å². The summed E-state index contributed by atoms with van der Waals surface area (Å²) in [7, 11) is 0. The fourth-order valence-electron chi connectivity index (χ4n) is 1.87. The Bertz CT molecular complexity index is 564. The average Bonchev–Trinajstić information content (AvgIpc) is 2.39. The highest BCUT2D eigenvalue weighted by Crippen LogP contribution is 2.23. The molecule has 0 aromatic heterocycles. The van der Waals surface area contributed by atoms with E-state index < -0.39 is 12.0 Å². The molecule has 2 aromatic carbocycles. The zero-order valence-electron chi connectivity index (χ0n) is 10.2. The Kier molecular flexibility index (Phi) is 4.20. The average molecular weight is 276 g/mol. The van der Waals surface area contributed by atoms with Gasteiger partial charge in [0, 0.05) is 11.1 Å². The molecular formula is C15H14ClNO2. The lowest BCUT2D eigenvalue weighted by Gasteiger charge is -2.10. The Morgan fingerprint density at radius 2 is 1.53 bits per heavy atom. The molecule has 0 heterocycles. The van der Waals surface area contributed by atoms with Crippen LogP contribution in [-0.4, -0.2) is 11.1 Å². The van der Waals surface area contributed by atoms with Gasteiger partial charge in [0.15, 0.2) is 0 Å². The summed E-state index contributed by atoms with van der Waals surface area (Å²) in [6, 6.07) is 14.7. The fourth-order valence-corrected chi connectivity index (χ4v) is 2.00. The topological polar surface area (TPSA) is 63.3 Å². The molecule has 0 aliphatic rings. The lowest BCUT2D eigenvalue weighted by atomic mass is 10.00. The number of rotatable bonds is 4. The molecule has 1 unspecified atom stereocenters. The van der Waals surface area contributed by atoms with Crippen molar-refractivity contribution in [2.24, 2.45) is 5.73 Å². The van der Waals surface area contributed by atoms with Crippen LogP contribution in [0.5, 0.6) is 0 Å². The Morgan fingerprint density at radius 3 is 2.00 bits per heavy atom. The molecule has 1 atom stereocenters. The molecule has 0 spiro atoms. The number of halogens is 1. The Morgan fingerprint density at radius 1 is 1.05 bits per heavy atom. The molecule has 0 aliphatic heterocycles. The quantitative estimate of drug-likeness (QED) is 0.898. The van der Waals surface area contributed by atoms with Crippen LogP contribution in [0.1, 0.15) is 18.0 Å². The van der Waals surface area contributed by atoms with E-state index in [2.05, 4.69) is 0 Å². The van der Waals surface area contributed by atoms with Gasteiger partial charge in [-0.05, 0) is 28.8 Å². The van der Waals surface area contributed by atoms with Crippen LogP contribution in [0.3, 0.4) is 0 Å². The number of carbonyl (C=O) groups is 1. The normalized spacial score (nSPS) is 12.1. The third-order valence-corrected chi connectivity index (χ3v) is 3.16. The first-order chi connectivity index (χ1) is 9.06. The van der Waals surface area contributed by atoms with Crippen molar-refractivity contribution in [3.63, 3.8) is 0 Å². The standard InChI is InChI=1S/C15H14ClNO2/c16-13-7-5-11(6-8-13)10-1-3-12(4-2-10)14(17)9-15(18)19/h1-8,14H,9,17H2,(H,18,19). The van der Waals surface area contributed by atoms with Crippen molar-refractivity contribution in [3.05, 3.63) is 59.1 Å². The van der Waals surface area contributed by atoms with Crippen molar-refractivity contribution in [3.8, 4) is 11.1 Å². The Hall–Kier alpha value is -1.84. The molecule has 2 aromatic rings. The zero-order valence-corrected chi connectivity index (χ0v) is 11.0. The first kappa shape index (κ1) is 13.6. The van der Waals surface area contributed by atoms with Crippen molar-refractivity contribution in [2.45, 2.75) is 12.5 Å². The van der Waals surface area contributed by atoms with E-state index in [0.29, 0.717) is 5.02 Å². The number of hydrogen-bond donors (Lipinski definition) is 2. The minimum absolute atomic E-state index is 0.0692. The first-order valence-electron chi connectivity index (χ1n) is 5.89. The minimum atomic E-state index is -0.894. The fraction of sp³-hybridized carbons (Fsp3) is 0.133. The molecule has 19 heavy (non-hydrogen) atoms.